The van der Waals surface area contributed by atoms with Crippen LogP contribution in [0.4, 0.5) is 5.13 Å². The van der Waals surface area contributed by atoms with Crippen LogP contribution in [-0.4, -0.2) is 77.6 Å². The van der Waals surface area contributed by atoms with Gasteiger partial charge in [-0.2, -0.15) is 0 Å². The number of carbonyl (C=O) groups is 2. The van der Waals surface area contributed by atoms with Crippen LogP contribution in [-0.2, 0) is 9.59 Å². The molecule has 0 radical (unpaired) electrons. The summed E-state index contributed by atoms with van der Waals surface area (Å²) in [4.78, 5) is 29.0. The predicted molar refractivity (Wildman–Crippen MR) is 126 cm³/mol. The summed E-state index contributed by atoms with van der Waals surface area (Å²) in [6, 6.07) is 7.74. The number of ether oxygens (including phenoxy) is 2. The van der Waals surface area contributed by atoms with Crippen molar-refractivity contribution in [2.75, 3.05) is 43.4 Å². The van der Waals surface area contributed by atoms with Crippen LogP contribution in [0.2, 0.25) is 0 Å². The molecule has 2 fully saturated rings. The number of nitrogens with zero attached hydrogens (tertiary/aromatic N) is 4. The van der Waals surface area contributed by atoms with E-state index >= 15 is 0 Å². The fourth-order valence-corrected chi connectivity index (χ4v) is 6.02. The molecule has 2 amide bonds. The average molecular weight is 490 g/mol. The van der Waals surface area contributed by atoms with Gasteiger partial charge in [0.1, 0.15) is 6.61 Å². The molecule has 1 aromatic heterocycles. The van der Waals surface area contributed by atoms with E-state index in [4.69, 9.17) is 9.47 Å². The lowest BCUT2D eigenvalue weighted by molar-refractivity contribution is -0.141. The number of amides is 2. The van der Waals surface area contributed by atoms with Gasteiger partial charge in [-0.1, -0.05) is 48.1 Å². The van der Waals surface area contributed by atoms with Crippen LogP contribution in [0.15, 0.2) is 28.6 Å². The highest BCUT2D eigenvalue weighted by atomic mass is 32.2. The first-order valence-electron chi connectivity index (χ1n) is 11.3. The van der Waals surface area contributed by atoms with E-state index in [1.807, 2.05) is 29.2 Å². The molecule has 3 aliphatic rings. The van der Waals surface area contributed by atoms with E-state index in [0.29, 0.717) is 49.5 Å². The molecule has 0 bridgehead atoms. The van der Waals surface area contributed by atoms with Crippen molar-refractivity contribution in [3.05, 3.63) is 24.3 Å². The van der Waals surface area contributed by atoms with E-state index in [-0.39, 0.29) is 18.4 Å². The van der Waals surface area contributed by atoms with E-state index in [1.165, 1.54) is 35.9 Å². The number of benzene rings is 1. The largest absolute Gasteiger partial charge is 0.485 e. The summed E-state index contributed by atoms with van der Waals surface area (Å²) >= 11 is 2.92. The second-order valence-electron chi connectivity index (χ2n) is 8.36. The molecule has 3 heterocycles. The maximum atomic E-state index is 12.9. The number of para-hydroxylation sites is 2. The molecule has 176 valence electrons. The van der Waals surface area contributed by atoms with Crippen LogP contribution in [0.3, 0.4) is 0 Å². The van der Waals surface area contributed by atoms with Crippen molar-refractivity contribution in [1.29, 1.82) is 0 Å². The summed E-state index contributed by atoms with van der Waals surface area (Å²) in [5, 5.41) is 12.5. The molecule has 1 saturated carbocycles. The van der Waals surface area contributed by atoms with Crippen molar-refractivity contribution in [2.45, 2.75) is 42.2 Å². The molecular weight excluding hydrogens is 462 g/mol. The van der Waals surface area contributed by atoms with Gasteiger partial charge in [0.2, 0.25) is 17.1 Å². The zero-order valence-corrected chi connectivity index (χ0v) is 19.9. The fraction of sp³-hybridized carbons (Fsp3) is 0.545. The number of rotatable bonds is 6. The van der Waals surface area contributed by atoms with Gasteiger partial charge in [0.25, 0.3) is 5.91 Å². The lowest BCUT2D eigenvalue weighted by atomic mass is 10.2. The van der Waals surface area contributed by atoms with Crippen molar-refractivity contribution in [3.8, 4) is 11.5 Å². The summed E-state index contributed by atoms with van der Waals surface area (Å²) in [7, 11) is 0. The number of piperazine rings is 1. The van der Waals surface area contributed by atoms with Crippen LogP contribution >= 0.6 is 23.1 Å². The van der Waals surface area contributed by atoms with Crippen LogP contribution in [0, 0.1) is 0 Å². The molecule has 5 rings (SSSR count). The van der Waals surface area contributed by atoms with Crippen LogP contribution in [0.1, 0.15) is 25.7 Å². The predicted octanol–water partition coefficient (Wildman–Crippen LogP) is 2.18. The van der Waals surface area contributed by atoms with Crippen LogP contribution in [0.25, 0.3) is 0 Å². The molecule has 1 saturated heterocycles. The van der Waals surface area contributed by atoms with E-state index in [9.17, 15) is 9.59 Å². The maximum absolute atomic E-state index is 12.9. The molecule has 1 N–H and O–H groups in total. The van der Waals surface area contributed by atoms with Crippen molar-refractivity contribution >= 4 is 40.0 Å². The highest BCUT2D eigenvalue weighted by Gasteiger charge is 2.33. The van der Waals surface area contributed by atoms with Gasteiger partial charge in [-0.25, -0.2) is 0 Å². The topological polar surface area (TPSA) is 96.9 Å². The fourth-order valence-electron chi connectivity index (χ4n) is 4.32. The third-order valence-corrected chi connectivity index (χ3v) is 8.21. The Morgan fingerprint density at radius 3 is 2.64 bits per heavy atom. The Morgan fingerprint density at radius 1 is 1.09 bits per heavy atom. The number of aromatic nitrogens is 2. The highest BCUT2D eigenvalue weighted by molar-refractivity contribution is 8.01. The number of hydrogen-bond donors (Lipinski definition) is 1. The van der Waals surface area contributed by atoms with Gasteiger partial charge in [0.05, 0.1) is 5.75 Å². The van der Waals surface area contributed by atoms with Gasteiger partial charge in [-0.3, -0.25) is 9.59 Å². The lowest BCUT2D eigenvalue weighted by Crippen LogP contribution is -2.54. The first kappa shape index (κ1) is 22.3. The van der Waals surface area contributed by atoms with Crippen molar-refractivity contribution in [1.82, 2.24) is 20.4 Å². The molecule has 2 aliphatic heterocycles. The minimum absolute atomic E-state index is 0.0501. The number of carbonyl (C=O) groups excluding carboxylic acids is 2. The third-order valence-electron chi connectivity index (χ3n) is 6.09. The van der Waals surface area contributed by atoms with Gasteiger partial charge in [0.15, 0.2) is 15.8 Å². The first-order chi connectivity index (χ1) is 16.2. The molecule has 11 heteroatoms. The van der Waals surface area contributed by atoms with E-state index < -0.39 is 6.10 Å². The normalized spacial score (nSPS) is 20.7. The van der Waals surface area contributed by atoms with E-state index in [0.717, 1.165) is 22.3 Å². The first-order valence-corrected chi connectivity index (χ1v) is 13.1. The number of hydrogen-bond acceptors (Lipinski definition) is 9. The third kappa shape index (κ3) is 5.35. The van der Waals surface area contributed by atoms with Crippen molar-refractivity contribution in [3.63, 3.8) is 0 Å². The second kappa shape index (κ2) is 10.2. The minimum atomic E-state index is -0.619. The minimum Gasteiger partial charge on any atom is -0.485 e. The molecule has 2 aromatic rings. The van der Waals surface area contributed by atoms with Crippen molar-refractivity contribution < 1.29 is 19.1 Å². The number of thioether (sulfide) groups is 1. The monoisotopic (exact) mass is 489 g/mol. The standard InChI is InChI=1S/C22H27N5O4S2/c28-19(23-15-5-1-2-6-15)14-32-22-25-24-21(33-22)27-11-9-26(10-12-27)20(29)18-13-30-16-7-3-4-8-17(16)31-18/h3-4,7-8,15,18H,1-2,5-6,9-14H2,(H,23,28). The van der Waals surface area contributed by atoms with Gasteiger partial charge < -0.3 is 24.6 Å². The summed E-state index contributed by atoms with van der Waals surface area (Å²) < 4.78 is 12.3. The zero-order valence-electron chi connectivity index (χ0n) is 18.3. The molecule has 9 nitrogen and oxygen atoms in total. The quantitative estimate of drug-likeness (QED) is 0.617. The second-order valence-corrected chi connectivity index (χ2v) is 10.5. The molecule has 33 heavy (non-hydrogen) atoms. The molecule has 1 atom stereocenters. The number of nitrogens with one attached hydrogen (secondary N) is 1. The Hall–Kier alpha value is -2.53. The Bertz CT molecular complexity index is 989. The zero-order chi connectivity index (χ0) is 22.6. The Kier molecular flexibility index (Phi) is 6.86. The molecule has 1 unspecified atom stereocenters. The Balaban J connectivity index is 1.08. The SMILES string of the molecule is O=C(CSc1nnc(N2CCN(C(=O)C3COc4ccccc4O3)CC2)s1)NC1CCCC1. The van der Waals surface area contributed by atoms with Crippen molar-refractivity contribution in [2.24, 2.45) is 0 Å². The average Bonchev–Trinajstić information content (AvgIpc) is 3.54. The summed E-state index contributed by atoms with van der Waals surface area (Å²) in [5.74, 6) is 1.65. The van der Waals surface area contributed by atoms with E-state index in [1.54, 1.807) is 0 Å². The molecule has 1 aliphatic carbocycles. The summed E-state index contributed by atoms with van der Waals surface area (Å²) in [6.45, 7) is 2.76. The van der Waals surface area contributed by atoms with Gasteiger partial charge in [-0.05, 0) is 25.0 Å². The molecule has 0 spiro atoms. The van der Waals surface area contributed by atoms with Gasteiger partial charge >= 0.3 is 0 Å². The number of fused-ring (bicyclic) bond motifs is 1. The Morgan fingerprint density at radius 2 is 1.85 bits per heavy atom. The smallest absolute Gasteiger partial charge is 0.267 e. The number of anilines is 1. The maximum Gasteiger partial charge on any atom is 0.267 e. The highest BCUT2D eigenvalue weighted by Crippen LogP contribution is 2.32. The molecule has 1 aromatic carbocycles. The molecular formula is C22H27N5O4S2. The van der Waals surface area contributed by atoms with Gasteiger partial charge in [-0.15, -0.1) is 10.2 Å². The van der Waals surface area contributed by atoms with Gasteiger partial charge in [0, 0.05) is 32.2 Å². The lowest BCUT2D eigenvalue weighted by Gasteiger charge is -2.36. The van der Waals surface area contributed by atoms with E-state index in [2.05, 4.69) is 20.4 Å². The Labute approximate surface area is 200 Å². The summed E-state index contributed by atoms with van der Waals surface area (Å²) in [6.07, 6.45) is 3.95. The van der Waals surface area contributed by atoms with Crippen LogP contribution < -0.4 is 19.7 Å². The summed E-state index contributed by atoms with van der Waals surface area (Å²) in [5.41, 5.74) is 0. The van der Waals surface area contributed by atoms with Crippen LogP contribution in [0.5, 0.6) is 11.5 Å².